The van der Waals surface area contributed by atoms with Crippen molar-refractivity contribution in [2.75, 3.05) is 5.32 Å². The van der Waals surface area contributed by atoms with Crippen molar-refractivity contribution in [3.05, 3.63) is 56.3 Å². The normalized spacial score (nSPS) is 10.1. The van der Waals surface area contributed by atoms with Crippen molar-refractivity contribution < 1.29 is 19.6 Å². The molecule has 2 rings (SSSR count). The maximum absolute atomic E-state index is 11.9. The molecule has 1 aromatic carbocycles. The second-order valence-corrected chi connectivity index (χ2v) is 4.89. The SMILES string of the molecule is O=C(Nc1ccc(Br)cc1C(=O)O)c1cc([N+](=O)[O-])c[nH]1. The first kappa shape index (κ1) is 14.7. The number of carboxylic acids is 1. The summed E-state index contributed by atoms with van der Waals surface area (Å²) in [4.78, 5) is 35.4. The topological polar surface area (TPSA) is 125 Å². The Hall–Kier alpha value is -2.68. The van der Waals surface area contributed by atoms with Crippen molar-refractivity contribution in [3.8, 4) is 0 Å². The summed E-state index contributed by atoms with van der Waals surface area (Å²) in [5.74, 6) is -1.88. The number of amides is 1. The Morgan fingerprint density at radius 2 is 2.05 bits per heavy atom. The average Bonchev–Trinajstić information content (AvgIpc) is 2.90. The molecule has 0 saturated carbocycles. The predicted octanol–water partition coefficient (Wildman–Crippen LogP) is 2.64. The molecule has 0 aliphatic carbocycles. The van der Waals surface area contributed by atoms with Gasteiger partial charge in [-0.3, -0.25) is 14.9 Å². The van der Waals surface area contributed by atoms with Gasteiger partial charge in [0, 0.05) is 10.5 Å². The number of aromatic amines is 1. The molecule has 1 amide bonds. The number of hydrogen-bond acceptors (Lipinski definition) is 4. The number of H-pyrrole nitrogens is 1. The highest BCUT2D eigenvalue weighted by atomic mass is 79.9. The maximum atomic E-state index is 11.9. The molecule has 0 aliphatic rings. The quantitative estimate of drug-likeness (QED) is 0.575. The van der Waals surface area contributed by atoms with Crippen molar-refractivity contribution in [2.45, 2.75) is 0 Å². The van der Waals surface area contributed by atoms with E-state index in [1.807, 2.05) is 0 Å². The summed E-state index contributed by atoms with van der Waals surface area (Å²) < 4.78 is 0.549. The zero-order valence-corrected chi connectivity index (χ0v) is 11.9. The van der Waals surface area contributed by atoms with Crippen LogP contribution in [-0.2, 0) is 0 Å². The van der Waals surface area contributed by atoms with Gasteiger partial charge < -0.3 is 15.4 Å². The van der Waals surface area contributed by atoms with Crippen LogP contribution in [0.4, 0.5) is 11.4 Å². The fourth-order valence-electron chi connectivity index (χ4n) is 1.61. The third-order valence-corrected chi connectivity index (χ3v) is 3.08. The minimum atomic E-state index is -1.20. The van der Waals surface area contributed by atoms with E-state index in [-0.39, 0.29) is 22.6 Å². The number of nitrogens with one attached hydrogen (secondary N) is 2. The molecule has 0 unspecified atom stereocenters. The van der Waals surface area contributed by atoms with E-state index in [2.05, 4.69) is 26.2 Å². The summed E-state index contributed by atoms with van der Waals surface area (Å²) in [6.07, 6.45) is 1.08. The Morgan fingerprint density at radius 1 is 1.33 bits per heavy atom. The van der Waals surface area contributed by atoms with Gasteiger partial charge in [0.1, 0.15) is 5.69 Å². The molecular weight excluding hydrogens is 346 g/mol. The monoisotopic (exact) mass is 353 g/mol. The van der Waals surface area contributed by atoms with E-state index in [4.69, 9.17) is 5.11 Å². The third-order valence-electron chi connectivity index (χ3n) is 2.58. The van der Waals surface area contributed by atoms with Crippen LogP contribution in [0.2, 0.25) is 0 Å². The van der Waals surface area contributed by atoms with Crippen LogP contribution in [-0.4, -0.2) is 26.9 Å². The molecule has 1 aromatic heterocycles. The van der Waals surface area contributed by atoms with Crippen LogP contribution in [0.25, 0.3) is 0 Å². The highest BCUT2D eigenvalue weighted by Gasteiger charge is 2.17. The number of carbonyl (C=O) groups excluding carboxylic acids is 1. The van der Waals surface area contributed by atoms with Crippen LogP contribution >= 0.6 is 15.9 Å². The first-order chi connectivity index (χ1) is 9.88. The number of halogens is 1. The molecule has 0 spiro atoms. The molecule has 8 nitrogen and oxygen atoms in total. The molecule has 0 fully saturated rings. The van der Waals surface area contributed by atoms with Gasteiger partial charge >= 0.3 is 5.97 Å². The lowest BCUT2D eigenvalue weighted by Crippen LogP contribution is -2.15. The van der Waals surface area contributed by atoms with Gasteiger partial charge in [-0.05, 0) is 18.2 Å². The van der Waals surface area contributed by atoms with Gasteiger partial charge in [-0.15, -0.1) is 0 Å². The number of nitrogens with zero attached hydrogens (tertiary/aromatic N) is 1. The van der Waals surface area contributed by atoms with Crippen LogP contribution in [0, 0.1) is 10.1 Å². The maximum Gasteiger partial charge on any atom is 0.337 e. The lowest BCUT2D eigenvalue weighted by atomic mass is 10.2. The van der Waals surface area contributed by atoms with Crippen LogP contribution < -0.4 is 5.32 Å². The molecule has 9 heteroatoms. The van der Waals surface area contributed by atoms with Gasteiger partial charge in [0.2, 0.25) is 0 Å². The van der Waals surface area contributed by atoms with Crippen LogP contribution in [0.3, 0.4) is 0 Å². The summed E-state index contributed by atoms with van der Waals surface area (Å²) in [7, 11) is 0. The minimum Gasteiger partial charge on any atom is -0.478 e. The third kappa shape index (κ3) is 3.26. The predicted molar refractivity (Wildman–Crippen MR) is 76.5 cm³/mol. The van der Waals surface area contributed by atoms with E-state index in [0.29, 0.717) is 4.47 Å². The van der Waals surface area contributed by atoms with Crippen molar-refractivity contribution in [1.82, 2.24) is 4.98 Å². The Morgan fingerprint density at radius 3 is 2.62 bits per heavy atom. The molecule has 0 atom stereocenters. The largest absolute Gasteiger partial charge is 0.478 e. The summed E-state index contributed by atoms with van der Waals surface area (Å²) in [5.41, 5.74) is -0.304. The Labute approximate surface area is 126 Å². The minimum absolute atomic E-state index is 0.0408. The smallest absolute Gasteiger partial charge is 0.337 e. The second kappa shape index (κ2) is 5.75. The van der Waals surface area contributed by atoms with E-state index < -0.39 is 16.8 Å². The second-order valence-electron chi connectivity index (χ2n) is 3.98. The molecule has 21 heavy (non-hydrogen) atoms. The number of carboxylic acid groups (broad SMARTS) is 1. The zero-order valence-electron chi connectivity index (χ0n) is 10.3. The van der Waals surface area contributed by atoms with Crippen molar-refractivity contribution in [3.63, 3.8) is 0 Å². The molecule has 2 aromatic rings. The van der Waals surface area contributed by atoms with Gasteiger partial charge in [-0.1, -0.05) is 15.9 Å². The fraction of sp³-hybridized carbons (Fsp3) is 0. The van der Waals surface area contributed by atoms with E-state index in [1.54, 1.807) is 6.07 Å². The highest BCUT2D eigenvalue weighted by Crippen LogP contribution is 2.22. The van der Waals surface area contributed by atoms with E-state index in [0.717, 1.165) is 12.3 Å². The molecule has 3 N–H and O–H groups in total. The number of benzene rings is 1. The van der Waals surface area contributed by atoms with Crippen LogP contribution in [0.5, 0.6) is 0 Å². The number of aromatic carboxylic acids is 1. The van der Waals surface area contributed by atoms with Crippen molar-refractivity contribution in [1.29, 1.82) is 0 Å². The van der Waals surface area contributed by atoms with Gasteiger partial charge in [-0.2, -0.15) is 0 Å². The lowest BCUT2D eigenvalue weighted by molar-refractivity contribution is -0.384. The van der Waals surface area contributed by atoms with Crippen molar-refractivity contribution in [2.24, 2.45) is 0 Å². The van der Waals surface area contributed by atoms with Gasteiger partial charge in [0.25, 0.3) is 11.6 Å². The number of rotatable bonds is 4. The zero-order chi connectivity index (χ0) is 15.6. The van der Waals surface area contributed by atoms with Crippen LogP contribution in [0.1, 0.15) is 20.8 Å². The molecular formula is C12H8BrN3O5. The Kier molecular flexibility index (Phi) is 4.03. The van der Waals surface area contributed by atoms with Crippen LogP contribution in [0.15, 0.2) is 34.9 Å². The first-order valence-corrected chi connectivity index (χ1v) is 6.35. The summed E-state index contributed by atoms with van der Waals surface area (Å²) in [6.45, 7) is 0. The Bertz CT molecular complexity index is 740. The number of aromatic nitrogens is 1. The number of hydrogen-bond donors (Lipinski definition) is 3. The number of anilines is 1. The standard InChI is InChI=1S/C12H8BrN3O5/c13-6-1-2-9(8(3-6)12(18)19)15-11(17)10-4-7(5-14-10)16(20)21/h1-5,14H,(H,15,17)(H,18,19). The van der Waals surface area contributed by atoms with Gasteiger partial charge in [0.15, 0.2) is 0 Å². The summed E-state index contributed by atoms with van der Waals surface area (Å²) >= 11 is 3.14. The molecule has 0 aliphatic heterocycles. The molecule has 0 saturated heterocycles. The summed E-state index contributed by atoms with van der Waals surface area (Å²) in [5, 5.41) is 22.0. The lowest BCUT2D eigenvalue weighted by Gasteiger charge is -2.07. The molecule has 0 bridgehead atoms. The highest BCUT2D eigenvalue weighted by molar-refractivity contribution is 9.10. The number of nitro groups is 1. The molecule has 0 radical (unpaired) electrons. The van der Waals surface area contributed by atoms with E-state index in [9.17, 15) is 19.7 Å². The Balaban J connectivity index is 2.27. The van der Waals surface area contributed by atoms with Gasteiger partial charge in [-0.25, -0.2) is 4.79 Å². The average molecular weight is 354 g/mol. The molecule has 108 valence electrons. The fourth-order valence-corrected chi connectivity index (χ4v) is 1.97. The summed E-state index contributed by atoms with van der Waals surface area (Å²) in [6, 6.07) is 5.39. The van der Waals surface area contributed by atoms with E-state index >= 15 is 0 Å². The molecule has 1 heterocycles. The number of carbonyl (C=O) groups is 2. The first-order valence-electron chi connectivity index (χ1n) is 5.55. The van der Waals surface area contributed by atoms with E-state index in [1.165, 1.54) is 12.1 Å². The van der Waals surface area contributed by atoms with Crippen molar-refractivity contribution >= 4 is 39.2 Å². The van der Waals surface area contributed by atoms with Gasteiger partial charge in [0.05, 0.1) is 22.4 Å².